The predicted molar refractivity (Wildman–Crippen MR) is 188 cm³/mol. The molecule has 12 heteroatoms. The molecule has 1 amide bonds. The molecule has 0 aliphatic carbocycles. The van der Waals surface area contributed by atoms with Gasteiger partial charge in [-0.1, -0.05) is 43.0 Å². The lowest BCUT2D eigenvalue weighted by atomic mass is 10.2. The van der Waals surface area contributed by atoms with E-state index in [4.69, 9.17) is 14.4 Å². The summed E-state index contributed by atoms with van der Waals surface area (Å²) in [5.41, 5.74) is 2.37. The van der Waals surface area contributed by atoms with Crippen LogP contribution in [0.25, 0.3) is 33.1 Å². The zero-order valence-corrected chi connectivity index (χ0v) is 28.4. The molecule has 6 aromatic rings. The summed E-state index contributed by atoms with van der Waals surface area (Å²) in [5, 5.41) is 11.1. The van der Waals surface area contributed by atoms with Crippen LogP contribution in [0.2, 0.25) is 0 Å². The molecule has 0 aliphatic rings. The van der Waals surface area contributed by atoms with Crippen molar-refractivity contribution in [1.29, 1.82) is 0 Å². The number of nitrogens with one attached hydrogen (secondary N) is 1. The predicted octanol–water partition coefficient (Wildman–Crippen LogP) is 8.26. The molecule has 0 spiro atoms. The molecular weight excluding hydrogens is 652 g/mol. The van der Waals surface area contributed by atoms with E-state index in [2.05, 4.69) is 10.3 Å². The summed E-state index contributed by atoms with van der Waals surface area (Å²) in [6.45, 7) is 1.66. The summed E-state index contributed by atoms with van der Waals surface area (Å²) in [5.74, 6) is -1.02. The molecule has 1 N–H and O–H groups in total. The van der Waals surface area contributed by atoms with Gasteiger partial charge in [0.25, 0.3) is 5.91 Å². The van der Waals surface area contributed by atoms with Crippen LogP contribution < -0.4 is 9.84 Å². The summed E-state index contributed by atoms with van der Waals surface area (Å²) < 4.78 is 29.2. The lowest BCUT2D eigenvalue weighted by molar-refractivity contribution is -0.144. The first-order valence-electron chi connectivity index (χ1n) is 14.7. The maximum atomic E-state index is 15.3. The highest BCUT2D eigenvalue weighted by Gasteiger charge is 2.36. The van der Waals surface area contributed by atoms with Crippen molar-refractivity contribution in [3.8, 4) is 5.75 Å². The Labute approximate surface area is 280 Å². The highest BCUT2D eigenvalue weighted by atomic mass is 32.2. The number of aromatic nitrogens is 3. The van der Waals surface area contributed by atoms with Gasteiger partial charge in [0.1, 0.15) is 5.75 Å². The van der Waals surface area contributed by atoms with Crippen LogP contribution in [-0.4, -0.2) is 46.7 Å². The smallest absolute Gasteiger partial charge is 0.364 e. The third-order valence-electron chi connectivity index (χ3n) is 7.44. The van der Waals surface area contributed by atoms with Crippen LogP contribution in [0.5, 0.6) is 5.75 Å². The van der Waals surface area contributed by atoms with Crippen molar-refractivity contribution in [2.45, 2.75) is 16.7 Å². The number of carbonyl (C=O) groups excluding carboxylic acids is 2. The molecule has 238 valence electrons. The highest BCUT2D eigenvalue weighted by Crippen LogP contribution is 2.53. The molecule has 6 rings (SSSR count). The molecule has 0 saturated carbocycles. The van der Waals surface area contributed by atoms with Crippen molar-refractivity contribution in [2.75, 3.05) is 20.3 Å². The summed E-state index contributed by atoms with van der Waals surface area (Å²) in [6, 6.07) is 26.2. The van der Waals surface area contributed by atoms with Crippen LogP contribution in [0.15, 0.2) is 106 Å². The normalized spacial score (nSPS) is 13.4. The Hall–Kier alpha value is -4.70. The lowest BCUT2D eigenvalue weighted by Gasteiger charge is -2.23. The van der Waals surface area contributed by atoms with E-state index in [9.17, 15) is 9.59 Å². The zero-order chi connectivity index (χ0) is 33.0. The summed E-state index contributed by atoms with van der Waals surface area (Å²) in [7, 11) is -1.06. The van der Waals surface area contributed by atoms with Gasteiger partial charge in [-0.3, -0.25) is 19.1 Å². The Kier molecular flexibility index (Phi) is 9.58. The largest absolute Gasteiger partial charge is 0.469 e. The first kappa shape index (κ1) is 32.2. The van der Waals surface area contributed by atoms with Gasteiger partial charge in [-0.25, -0.2) is 0 Å². The van der Waals surface area contributed by atoms with Gasteiger partial charge in [0, 0.05) is 38.5 Å². The minimum Gasteiger partial charge on any atom is -0.469 e. The Morgan fingerprint density at radius 1 is 1.02 bits per heavy atom. The maximum absolute atomic E-state index is 15.3. The van der Waals surface area contributed by atoms with E-state index in [1.807, 2.05) is 90.3 Å². The molecule has 0 fully saturated rings. The van der Waals surface area contributed by atoms with Crippen molar-refractivity contribution in [3.63, 3.8) is 0 Å². The average Bonchev–Trinajstić information content (AvgIpc) is 3.73. The van der Waals surface area contributed by atoms with Gasteiger partial charge < -0.3 is 14.6 Å². The minimum atomic E-state index is -3.96. The average molecular weight is 683 g/mol. The van der Waals surface area contributed by atoms with Crippen LogP contribution in [0, 0.1) is 5.92 Å². The van der Waals surface area contributed by atoms with Crippen molar-refractivity contribution >= 4 is 75.6 Å². The third-order valence-corrected chi connectivity index (χ3v) is 11.8. The van der Waals surface area contributed by atoms with Gasteiger partial charge in [0.15, 0.2) is 0 Å². The fraction of sp³-hybridized carbons (Fsp3) is 0.143. The molecule has 9 nitrogen and oxygen atoms in total. The number of hydrogen-bond acceptors (Lipinski definition) is 9. The van der Waals surface area contributed by atoms with Crippen LogP contribution in [0.4, 0.5) is 0 Å². The third kappa shape index (κ3) is 6.88. The number of fused-ring (bicyclic) bond motifs is 2. The van der Waals surface area contributed by atoms with E-state index in [1.54, 1.807) is 43.6 Å². The van der Waals surface area contributed by atoms with Crippen LogP contribution in [-0.2, 0) is 14.1 Å². The van der Waals surface area contributed by atoms with Gasteiger partial charge in [0.05, 0.1) is 41.7 Å². The summed E-state index contributed by atoms with van der Waals surface area (Å²) in [4.78, 5) is 31.2. The van der Waals surface area contributed by atoms with E-state index >= 15 is 4.57 Å². The molecule has 0 aliphatic heterocycles. The van der Waals surface area contributed by atoms with Crippen LogP contribution in [0.1, 0.15) is 28.7 Å². The molecule has 3 aromatic carbocycles. The molecule has 0 bridgehead atoms. The van der Waals surface area contributed by atoms with E-state index in [0.29, 0.717) is 22.5 Å². The summed E-state index contributed by atoms with van der Waals surface area (Å²) >= 11 is 2.96. The Morgan fingerprint density at radius 2 is 1.85 bits per heavy atom. The maximum Gasteiger partial charge on any atom is 0.364 e. The van der Waals surface area contributed by atoms with Gasteiger partial charge >= 0.3 is 13.5 Å². The van der Waals surface area contributed by atoms with E-state index in [0.717, 1.165) is 31.0 Å². The van der Waals surface area contributed by atoms with Crippen LogP contribution in [0.3, 0.4) is 0 Å². The van der Waals surface area contributed by atoms with Crippen molar-refractivity contribution in [1.82, 2.24) is 19.9 Å². The Balaban J connectivity index is 1.52. The number of benzene rings is 3. The fourth-order valence-corrected chi connectivity index (χ4v) is 9.26. The minimum absolute atomic E-state index is 0.156. The first-order chi connectivity index (χ1) is 22.8. The Bertz CT molecular complexity index is 2160. The van der Waals surface area contributed by atoms with Crippen molar-refractivity contribution in [2.24, 2.45) is 5.92 Å². The van der Waals surface area contributed by atoms with Gasteiger partial charge in [-0.05, 0) is 78.2 Å². The number of rotatable bonds is 11. The SMILES string of the molecule is CNC(=O)c1ccccc1Sc1ccc2c(/C=C/c3ccccn3)nn(P(=O)(C[C@@H](C)C(=O)OC)Oc3cccc4sccc34)c2c1. The van der Waals surface area contributed by atoms with Crippen LogP contribution >= 0.6 is 30.6 Å². The molecule has 3 aromatic heterocycles. The Morgan fingerprint density at radius 3 is 2.64 bits per heavy atom. The second-order valence-electron chi connectivity index (χ2n) is 10.6. The molecule has 47 heavy (non-hydrogen) atoms. The number of carbonyl (C=O) groups is 2. The van der Waals surface area contributed by atoms with E-state index < -0.39 is 19.4 Å². The number of hydrogen-bond donors (Lipinski definition) is 1. The number of pyridine rings is 1. The molecule has 0 saturated heterocycles. The quantitative estimate of drug-likeness (QED) is 0.107. The topological polar surface area (TPSA) is 112 Å². The number of methoxy groups -OCH3 is 1. The second-order valence-corrected chi connectivity index (χ2v) is 14.9. The highest BCUT2D eigenvalue weighted by molar-refractivity contribution is 7.99. The monoisotopic (exact) mass is 682 g/mol. The van der Waals surface area contributed by atoms with Gasteiger partial charge in [0.2, 0.25) is 0 Å². The molecule has 0 radical (unpaired) electrons. The lowest BCUT2D eigenvalue weighted by Crippen LogP contribution is -2.21. The summed E-state index contributed by atoms with van der Waals surface area (Å²) in [6.07, 6.45) is 5.21. The number of nitrogens with zero attached hydrogens (tertiary/aromatic N) is 3. The van der Waals surface area contributed by atoms with Gasteiger partial charge in [-0.2, -0.15) is 9.55 Å². The molecule has 2 atom stereocenters. The van der Waals surface area contributed by atoms with Gasteiger partial charge in [-0.15, -0.1) is 11.3 Å². The fourth-order valence-electron chi connectivity index (χ4n) is 5.14. The van der Waals surface area contributed by atoms with Crippen molar-refractivity contribution in [3.05, 3.63) is 113 Å². The molecular formula is C35H31N4O5PS2. The van der Waals surface area contributed by atoms with Crippen molar-refractivity contribution < 1.29 is 23.4 Å². The second kappa shape index (κ2) is 14.0. The number of esters is 1. The zero-order valence-electron chi connectivity index (χ0n) is 25.8. The number of amides is 1. The van der Waals surface area contributed by atoms with E-state index in [1.165, 1.54) is 23.3 Å². The molecule has 1 unspecified atom stereocenters. The standard InChI is InChI=1S/C35H31N4O5PS2/c1-23(35(41)43-3)22-45(42,44-31-11-8-13-32-27(31)18-20-46-32)39-30-21-25(47-33-12-5-4-10-28(33)34(40)36-2)15-16-26(30)29(38-39)17-14-24-9-6-7-19-37-24/h4-21,23H,22H2,1-3H3,(H,36,40)/b17-14+/t23-,45?/m1/s1. The molecule has 3 heterocycles. The first-order valence-corrected chi connectivity index (χ1v) is 18.2. The number of ether oxygens (including phenoxy) is 1. The van der Waals surface area contributed by atoms with E-state index in [-0.39, 0.29) is 12.1 Å². The number of thiophene rings is 1.